The molecule has 0 aliphatic carbocycles. The number of rotatable bonds is 4. The van der Waals surface area contributed by atoms with E-state index in [2.05, 4.69) is 5.32 Å². The molecule has 0 saturated heterocycles. The maximum atomic E-state index is 13.7. The Hall–Kier alpha value is -2.86. The monoisotopic (exact) mass is 375 g/mol. The number of halogens is 2. The van der Waals surface area contributed by atoms with Crippen LogP contribution >= 0.6 is 11.6 Å². The van der Waals surface area contributed by atoms with E-state index in [0.29, 0.717) is 5.69 Å². The van der Waals surface area contributed by atoms with Gasteiger partial charge in [0.2, 0.25) is 0 Å². The smallest absolute Gasteiger partial charge is 0.355 e. The number of nitrogens with one attached hydrogen (secondary N) is 1. The number of esters is 2. The second-order valence-electron chi connectivity index (χ2n) is 5.79. The minimum absolute atomic E-state index is 0.0926. The summed E-state index contributed by atoms with van der Waals surface area (Å²) in [5.74, 6) is -2.53. The summed E-state index contributed by atoms with van der Waals surface area (Å²) in [5.41, 5.74) is 2.39. The van der Waals surface area contributed by atoms with E-state index in [-0.39, 0.29) is 16.3 Å². The second kappa shape index (κ2) is 7.17. The SMILES string of the molecule is Cc1ccc(C)c(NC2=C(Cl)C(=O)O[C@@H]2OC(=O)c2ccccc2F)c1. The number of cyclic esters (lactones) is 1. The summed E-state index contributed by atoms with van der Waals surface area (Å²) in [6.07, 6.45) is -1.39. The molecule has 5 nitrogen and oxygen atoms in total. The van der Waals surface area contributed by atoms with Gasteiger partial charge in [0, 0.05) is 5.69 Å². The quantitative estimate of drug-likeness (QED) is 0.817. The molecule has 0 aromatic heterocycles. The van der Waals surface area contributed by atoms with Gasteiger partial charge in [-0.1, -0.05) is 35.9 Å². The van der Waals surface area contributed by atoms with Crippen molar-refractivity contribution in [2.75, 3.05) is 5.32 Å². The van der Waals surface area contributed by atoms with Gasteiger partial charge in [0.05, 0.1) is 5.56 Å². The number of carbonyl (C=O) groups is 2. The Labute approximate surface area is 154 Å². The molecule has 7 heteroatoms. The zero-order chi connectivity index (χ0) is 18.8. The Morgan fingerprint density at radius 1 is 1.23 bits per heavy atom. The molecule has 2 aromatic rings. The summed E-state index contributed by atoms with van der Waals surface area (Å²) >= 11 is 6.00. The van der Waals surface area contributed by atoms with Crippen LogP contribution in [0.2, 0.25) is 0 Å². The van der Waals surface area contributed by atoms with Gasteiger partial charge >= 0.3 is 11.9 Å². The Balaban J connectivity index is 1.85. The normalized spacial score (nSPS) is 16.5. The third-order valence-electron chi connectivity index (χ3n) is 3.84. The van der Waals surface area contributed by atoms with Crippen molar-refractivity contribution in [3.63, 3.8) is 0 Å². The van der Waals surface area contributed by atoms with Crippen molar-refractivity contribution in [1.82, 2.24) is 0 Å². The lowest BCUT2D eigenvalue weighted by molar-refractivity contribution is -0.152. The molecule has 1 aliphatic rings. The third kappa shape index (κ3) is 3.55. The molecule has 0 bridgehead atoms. The lowest BCUT2D eigenvalue weighted by Gasteiger charge is -2.17. The predicted octanol–water partition coefficient (Wildman–Crippen LogP) is 4.04. The summed E-state index contributed by atoms with van der Waals surface area (Å²) in [6.45, 7) is 3.78. The summed E-state index contributed by atoms with van der Waals surface area (Å²) in [4.78, 5) is 24.0. The fraction of sp³-hybridized carbons (Fsp3) is 0.158. The maximum Gasteiger partial charge on any atom is 0.355 e. The first-order valence-corrected chi connectivity index (χ1v) is 8.15. The van der Waals surface area contributed by atoms with Crippen molar-refractivity contribution in [3.8, 4) is 0 Å². The molecular formula is C19H15ClFNO4. The van der Waals surface area contributed by atoms with E-state index in [1.54, 1.807) is 0 Å². The fourth-order valence-electron chi connectivity index (χ4n) is 2.42. The predicted molar refractivity (Wildman–Crippen MR) is 94.1 cm³/mol. The van der Waals surface area contributed by atoms with Gasteiger partial charge < -0.3 is 14.8 Å². The van der Waals surface area contributed by atoms with E-state index in [1.165, 1.54) is 18.2 Å². The van der Waals surface area contributed by atoms with Crippen molar-refractivity contribution in [2.24, 2.45) is 0 Å². The maximum absolute atomic E-state index is 13.7. The van der Waals surface area contributed by atoms with Crippen LogP contribution in [0.5, 0.6) is 0 Å². The molecule has 0 fully saturated rings. The van der Waals surface area contributed by atoms with Crippen molar-refractivity contribution in [1.29, 1.82) is 0 Å². The van der Waals surface area contributed by atoms with Crippen LogP contribution in [0.15, 0.2) is 53.2 Å². The van der Waals surface area contributed by atoms with E-state index < -0.39 is 24.0 Å². The van der Waals surface area contributed by atoms with E-state index in [4.69, 9.17) is 21.1 Å². The minimum Gasteiger partial charge on any atom is -0.415 e. The van der Waals surface area contributed by atoms with Gasteiger partial charge in [0.25, 0.3) is 6.29 Å². The van der Waals surface area contributed by atoms with E-state index in [9.17, 15) is 14.0 Å². The number of carbonyl (C=O) groups excluding carboxylic acids is 2. The number of benzene rings is 2. The van der Waals surface area contributed by atoms with Crippen LogP contribution in [-0.2, 0) is 14.3 Å². The highest BCUT2D eigenvalue weighted by Crippen LogP contribution is 2.30. The van der Waals surface area contributed by atoms with E-state index in [0.717, 1.165) is 17.2 Å². The molecule has 0 spiro atoms. The molecule has 1 atom stereocenters. The number of ether oxygens (including phenoxy) is 2. The van der Waals surface area contributed by atoms with Gasteiger partial charge in [0.15, 0.2) is 5.03 Å². The summed E-state index contributed by atoms with van der Waals surface area (Å²) in [7, 11) is 0. The van der Waals surface area contributed by atoms with Crippen LogP contribution < -0.4 is 5.32 Å². The zero-order valence-corrected chi connectivity index (χ0v) is 14.8. The van der Waals surface area contributed by atoms with Gasteiger partial charge in [-0.3, -0.25) is 0 Å². The van der Waals surface area contributed by atoms with Crippen LogP contribution in [0.3, 0.4) is 0 Å². The molecular weight excluding hydrogens is 361 g/mol. The van der Waals surface area contributed by atoms with Crippen LogP contribution in [0.4, 0.5) is 10.1 Å². The average molecular weight is 376 g/mol. The Morgan fingerprint density at radius 2 is 1.96 bits per heavy atom. The van der Waals surface area contributed by atoms with Gasteiger partial charge in [-0.2, -0.15) is 0 Å². The molecule has 0 saturated carbocycles. The number of hydrogen-bond acceptors (Lipinski definition) is 5. The molecule has 26 heavy (non-hydrogen) atoms. The Morgan fingerprint density at radius 3 is 2.69 bits per heavy atom. The molecule has 1 heterocycles. The number of anilines is 1. The lowest BCUT2D eigenvalue weighted by Crippen LogP contribution is -2.24. The molecule has 0 radical (unpaired) electrons. The van der Waals surface area contributed by atoms with Crippen molar-refractivity contribution in [2.45, 2.75) is 20.1 Å². The zero-order valence-electron chi connectivity index (χ0n) is 14.0. The average Bonchev–Trinajstić information content (AvgIpc) is 2.86. The summed E-state index contributed by atoms with van der Waals surface area (Å²) in [5, 5.41) is 2.76. The van der Waals surface area contributed by atoms with Gasteiger partial charge in [-0.25, -0.2) is 14.0 Å². The lowest BCUT2D eigenvalue weighted by atomic mass is 10.1. The standard InChI is InChI=1S/C19H15ClFNO4/c1-10-7-8-11(2)14(9-10)22-16-15(20)18(24)26-19(16)25-17(23)12-5-3-4-6-13(12)21/h3-9,19,22H,1-2H3/t19-/m0/s1. The van der Waals surface area contributed by atoms with Gasteiger partial charge in [-0.05, 0) is 43.2 Å². The van der Waals surface area contributed by atoms with Crippen molar-refractivity contribution < 1.29 is 23.5 Å². The van der Waals surface area contributed by atoms with Crippen LogP contribution in [0.1, 0.15) is 21.5 Å². The summed E-state index contributed by atoms with van der Waals surface area (Å²) in [6, 6.07) is 11.0. The first-order valence-electron chi connectivity index (χ1n) is 7.77. The first-order chi connectivity index (χ1) is 12.4. The highest BCUT2D eigenvalue weighted by molar-refractivity contribution is 6.42. The largest absolute Gasteiger partial charge is 0.415 e. The van der Waals surface area contributed by atoms with E-state index in [1.807, 2.05) is 32.0 Å². The molecule has 1 aliphatic heterocycles. The van der Waals surface area contributed by atoms with E-state index >= 15 is 0 Å². The second-order valence-corrected chi connectivity index (χ2v) is 6.17. The molecule has 3 rings (SSSR count). The van der Waals surface area contributed by atoms with Gasteiger partial charge in [-0.15, -0.1) is 0 Å². The third-order valence-corrected chi connectivity index (χ3v) is 4.19. The first kappa shape index (κ1) is 17.9. The molecule has 0 unspecified atom stereocenters. The Kier molecular flexibility index (Phi) is 4.95. The van der Waals surface area contributed by atoms with Crippen molar-refractivity contribution in [3.05, 3.63) is 75.7 Å². The fourth-order valence-corrected chi connectivity index (χ4v) is 2.60. The van der Waals surface area contributed by atoms with Crippen LogP contribution in [0.25, 0.3) is 0 Å². The number of aryl methyl sites for hydroxylation is 2. The molecule has 2 aromatic carbocycles. The van der Waals surface area contributed by atoms with Crippen LogP contribution in [0, 0.1) is 19.7 Å². The van der Waals surface area contributed by atoms with Crippen molar-refractivity contribution >= 4 is 29.2 Å². The van der Waals surface area contributed by atoms with Crippen LogP contribution in [-0.4, -0.2) is 18.2 Å². The topological polar surface area (TPSA) is 64.6 Å². The minimum atomic E-state index is -1.39. The highest BCUT2D eigenvalue weighted by Gasteiger charge is 2.37. The molecule has 134 valence electrons. The van der Waals surface area contributed by atoms with Gasteiger partial charge in [0.1, 0.15) is 11.5 Å². The summed E-state index contributed by atoms with van der Waals surface area (Å²) < 4.78 is 23.9. The Bertz CT molecular complexity index is 926. The molecule has 1 N–H and O–H groups in total. The molecule has 0 amide bonds. The number of hydrogen-bond donors (Lipinski definition) is 1. The highest BCUT2D eigenvalue weighted by atomic mass is 35.5.